The van der Waals surface area contributed by atoms with Crippen LogP contribution in [0.1, 0.15) is 16.7 Å². The van der Waals surface area contributed by atoms with Crippen molar-refractivity contribution in [3.05, 3.63) is 63.9 Å². The first-order chi connectivity index (χ1) is 10.1. The predicted octanol–water partition coefficient (Wildman–Crippen LogP) is 3.43. The average molecular weight is 305 g/mol. The molecule has 0 spiro atoms. The van der Waals surface area contributed by atoms with Crippen molar-refractivity contribution in [2.24, 2.45) is 5.73 Å². The van der Waals surface area contributed by atoms with Crippen molar-refractivity contribution < 1.29 is 9.13 Å². The summed E-state index contributed by atoms with van der Waals surface area (Å²) in [5.41, 5.74) is 7.48. The van der Waals surface area contributed by atoms with Crippen molar-refractivity contribution in [2.45, 2.75) is 13.0 Å². The Bertz CT molecular complexity index is 682. The first kappa shape index (κ1) is 15.3. The van der Waals surface area contributed by atoms with Gasteiger partial charge in [0.25, 0.3) is 0 Å². The van der Waals surface area contributed by atoms with E-state index in [1.54, 1.807) is 24.3 Å². The van der Waals surface area contributed by atoms with Crippen molar-refractivity contribution >= 4 is 11.6 Å². The van der Waals surface area contributed by atoms with E-state index in [9.17, 15) is 4.39 Å². The molecule has 0 aliphatic carbocycles. The molecule has 0 aliphatic heterocycles. The molecule has 0 aromatic heterocycles. The molecule has 0 heterocycles. The fourth-order valence-corrected chi connectivity index (χ4v) is 2.15. The minimum Gasteiger partial charge on any atom is -0.489 e. The Morgan fingerprint density at radius 3 is 2.71 bits per heavy atom. The lowest BCUT2D eigenvalue weighted by atomic mass is 10.1. The Morgan fingerprint density at radius 1 is 1.24 bits per heavy atom. The summed E-state index contributed by atoms with van der Waals surface area (Å²) < 4.78 is 19.0. The Morgan fingerprint density at radius 2 is 2.05 bits per heavy atom. The fraction of sp³-hybridized carbons (Fsp3) is 0.188. The molecule has 5 heteroatoms. The average Bonchev–Trinajstić information content (AvgIpc) is 2.45. The second-order valence-corrected chi connectivity index (χ2v) is 4.95. The lowest BCUT2D eigenvalue weighted by molar-refractivity contribution is 0.304. The minimum absolute atomic E-state index is 0.204. The van der Waals surface area contributed by atoms with E-state index in [4.69, 9.17) is 27.3 Å². The van der Waals surface area contributed by atoms with Crippen molar-refractivity contribution in [3.63, 3.8) is 0 Å². The van der Waals surface area contributed by atoms with Crippen molar-refractivity contribution in [1.82, 2.24) is 0 Å². The van der Waals surface area contributed by atoms with E-state index in [-0.39, 0.29) is 12.4 Å². The van der Waals surface area contributed by atoms with Crippen LogP contribution in [0.25, 0.3) is 0 Å². The standard InChI is InChI=1S/C16H14ClFN2O/c17-16-7-12(9-20)1-2-13(16)10-21-15-6-11(3-4-19)5-14(18)8-15/h1-2,5-8H,3-4,10,19H2. The molecule has 0 amide bonds. The molecule has 0 saturated heterocycles. The van der Waals surface area contributed by atoms with Crippen LogP contribution in [0.15, 0.2) is 36.4 Å². The molecule has 21 heavy (non-hydrogen) atoms. The van der Waals surface area contributed by atoms with Gasteiger partial charge in [0, 0.05) is 16.7 Å². The highest BCUT2D eigenvalue weighted by molar-refractivity contribution is 6.31. The first-order valence-electron chi connectivity index (χ1n) is 6.43. The topological polar surface area (TPSA) is 59.0 Å². The molecule has 0 atom stereocenters. The Kier molecular flexibility index (Phi) is 5.15. The number of benzene rings is 2. The fourth-order valence-electron chi connectivity index (χ4n) is 1.91. The Hall–Kier alpha value is -2.09. The Balaban J connectivity index is 2.11. The van der Waals surface area contributed by atoms with Crippen molar-refractivity contribution in [1.29, 1.82) is 5.26 Å². The number of ether oxygens (including phenoxy) is 1. The number of hydrogen-bond acceptors (Lipinski definition) is 3. The highest BCUT2D eigenvalue weighted by atomic mass is 35.5. The van der Waals surface area contributed by atoms with E-state index >= 15 is 0 Å². The maximum Gasteiger partial charge on any atom is 0.127 e. The summed E-state index contributed by atoms with van der Waals surface area (Å²) in [6.07, 6.45) is 0.589. The number of rotatable bonds is 5. The molecule has 0 radical (unpaired) electrons. The zero-order chi connectivity index (χ0) is 15.2. The van der Waals surface area contributed by atoms with Gasteiger partial charge < -0.3 is 10.5 Å². The van der Waals surface area contributed by atoms with Gasteiger partial charge in [-0.2, -0.15) is 5.26 Å². The highest BCUT2D eigenvalue weighted by Gasteiger charge is 2.05. The molecular weight excluding hydrogens is 291 g/mol. The minimum atomic E-state index is -0.359. The molecule has 0 aliphatic rings. The van der Waals surface area contributed by atoms with Gasteiger partial charge in [-0.25, -0.2) is 4.39 Å². The number of nitrogens with zero attached hydrogens (tertiary/aromatic N) is 1. The molecule has 0 unspecified atom stereocenters. The van der Waals surface area contributed by atoms with Crippen LogP contribution in [0, 0.1) is 17.1 Å². The molecule has 2 aromatic carbocycles. The number of hydrogen-bond donors (Lipinski definition) is 1. The summed E-state index contributed by atoms with van der Waals surface area (Å²) in [6.45, 7) is 0.653. The zero-order valence-electron chi connectivity index (χ0n) is 11.3. The van der Waals surface area contributed by atoms with Gasteiger partial charge in [-0.1, -0.05) is 17.7 Å². The van der Waals surface area contributed by atoms with E-state index < -0.39 is 0 Å². The van der Waals surface area contributed by atoms with Gasteiger partial charge in [0.05, 0.1) is 11.6 Å². The zero-order valence-corrected chi connectivity index (χ0v) is 12.0. The molecule has 0 saturated carbocycles. The summed E-state index contributed by atoms with van der Waals surface area (Å²) >= 11 is 6.06. The molecular formula is C16H14ClFN2O. The quantitative estimate of drug-likeness (QED) is 0.920. The van der Waals surface area contributed by atoms with E-state index in [0.717, 1.165) is 11.1 Å². The molecule has 0 bridgehead atoms. The molecule has 2 rings (SSSR count). The smallest absolute Gasteiger partial charge is 0.127 e. The van der Waals surface area contributed by atoms with Crippen LogP contribution >= 0.6 is 11.6 Å². The van der Waals surface area contributed by atoms with Crippen LogP contribution < -0.4 is 10.5 Å². The van der Waals surface area contributed by atoms with Crippen molar-refractivity contribution in [3.8, 4) is 11.8 Å². The second-order valence-electron chi connectivity index (χ2n) is 4.54. The third-order valence-corrected chi connectivity index (χ3v) is 3.29. The van der Waals surface area contributed by atoms with E-state index in [0.29, 0.717) is 29.3 Å². The predicted molar refractivity (Wildman–Crippen MR) is 79.7 cm³/mol. The van der Waals surface area contributed by atoms with Gasteiger partial charge in [0.1, 0.15) is 18.2 Å². The van der Waals surface area contributed by atoms with Gasteiger partial charge in [-0.15, -0.1) is 0 Å². The summed E-state index contributed by atoms with van der Waals surface area (Å²) in [5.74, 6) is 0.0701. The summed E-state index contributed by atoms with van der Waals surface area (Å²) in [4.78, 5) is 0. The molecule has 0 fully saturated rings. The number of nitrogens with two attached hydrogens (primary N) is 1. The monoisotopic (exact) mass is 304 g/mol. The maximum absolute atomic E-state index is 13.5. The van der Waals surface area contributed by atoms with Crippen LogP contribution in [0.2, 0.25) is 5.02 Å². The molecule has 3 nitrogen and oxygen atoms in total. The largest absolute Gasteiger partial charge is 0.489 e. The first-order valence-corrected chi connectivity index (χ1v) is 6.81. The maximum atomic E-state index is 13.5. The van der Waals surface area contributed by atoms with Crippen molar-refractivity contribution in [2.75, 3.05) is 6.54 Å². The lowest BCUT2D eigenvalue weighted by Crippen LogP contribution is -2.04. The van der Waals surface area contributed by atoms with Gasteiger partial charge in [0.2, 0.25) is 0 Å². The molecule has 2 aromatic rings. The van der Waals surface area contributed by atoms with Gasteiger partial charge >= 0.3 is 0 Å². The lowest BCUT2D eigenvalue weighted by Gasteiger charge is -2.10. The van der Waals surface area contributed by atoms with Gasteiger partial charge in [-0.05, 0) is 42.8 Å². The van der Waals surface area contributed by atoms with Crippen LogP contribution in [-0.4, -0.2) is 6.54 Å². The number of halogens is 2. The highest BCUT2D eigenvalue weighted by Crippen LogP contribution is 2.22. The van der Waals surface area contributed by atoms with Gasteiger partial charge in [0.15, 0.2) is 0 Å². The van der Waals surface area contributed by atoms with Crippen LogP contribution in [-0.2, 0) is 13.0 Å². The third-order valence-electron chi connectivity index (χ3n) is 2.94. The van der Waals surface area contributed by atoms with E-state index in [2.05, 4.69) is 0 Å². The van der Waals surface area contributed by atoms with Crippen LogP contribution in [0.5, 0.6) is 5.75 Å². The third kappa shape index (κ3) is 4.19. The molecule has 108 valence electrons. The normalized spacial score (nSPS) is 10.2. The SMILES string of the molecule is N#Cc1ccc(COc2cc(F)cc(CCN)c2)c(Cl)c1. The summed E-state index contributed by atoms with van der Waals surface area (Å²) in [6, 6.07) is 11.5. The summed E-state index contributed by atoms with van der Waals surface area (Å²) in [7, 11) is 0. The van der Waals surface area contributed by atoms with E-state index in [1.165, 1.54) is 12.1 Å². The summed E-state index contributed by atoms with van der Waals surface area (Å²) in [5, 5.41) is 9.23. The Labute approximate surface area is 127 Å². The van der Waals surface area contributed by atoms with Gasteiger partial charge in [-0.3, -0.25) is 0 Å². The molecule has 2 N–H and O–H groups in total. The number of nitriles is 1. The van der Waals surface area contributed by atoms with Crippen LogP contribution in [0.4, 0.5) is 4.39 Å². The van der Waals surface area contributed by atoms with E-state index in [1.807, 2.05) is 6.07 Å². The van der Waals surface area contributed by atoms with Crippen LogP contribution in [0.3, 0.4) is 0 Å². The second kappa shape index (κ2) is 7.07.